The molecule has 0 aliphatic carbocycles. The second-order valence-electron chi connectivity index (χ2n) is 5.73. The van der Waals surface area contributed by atoms with Gasteiger partial charge in [-0.2, -0.15) is 5.10 Å². The van der Waals surface area contributed by atoms with Gasteiger partial charge in [-0.1, -0.05) is 28.1 Å². The Morgan fingerprint density at radius 2 is 2.19 bits per heavy atom. The van der Waals surface area contributed by atoms with Crippen molar-refractivity contribution >= 4 is 31.5 Å². The maximum atomic E-state index is 11.7. The van der Waals surface area contributed by atoms with Crippen LogP contribution in [0.15, 0.2) is 34.9 Å². The lowest BCUT2D eigenvalue weighted by Gasteiger charge is -2.22. The van der Waals surface area contributed by atoms with E-state index in [1.807, 2.05) is 31.2 Å². The minimum Gasteiger partial charge on any atom is -0.396 e. The molecular weight excluding hydrogens is 354 g/mol. The first kappa shape index (κ1) is 14.6. The summed E-state index contributed by atoms with van der Waals surface area (Å²) in [6.07, 6.45) is 2.30. The van der Waals surface area contributed by atoms with Gasteiger partial charge in [0.15, 0.2) is 9.84 Å². The molecular formula is C14H16BrN3O2S. The summed E-state index contributed by atoms with van der Waals surface area (Å²) in [5.41, 5.74) is 7.70. The Bertz CT molecular complexity index is 800. The summed E-state index contributed by atoms with van der Waals surface area (Å²) in [5, 5.41) is 4.55. The molecule has 2 heterocycles. The molecule has 21 heavy (non-hydrogen) atoms. The quantitative estimate of drug-likeness (QED) is 0.881. The summed E-state index contributed by atoms with van der Waals surface area (Å²) in [4.78, 5) is 0. The van der Waals surface area contributed by atoms with E-state index in [4.69, 9.17) is 5.73 Å². The van der Waals surface area contributed by atoms with E-state index in [1.165, 1.54) is 0 Å². The first-order chi connectivity index (χ1) is 9.79. The summed E-state index contributed by atoms with van der Waals surface area (Å²) in [7, 11) is -2.99. The van der Waals surface area contributed by atoms with Crippen molar-refractivity contribution < 1.29 is 8.42 Å². The van der Waals surface area contributed by atoms with Crippen LogP contribution in [-0.4, -0.2) is 29.7 Å². The zero-order valence-corrected chi connectivity index (χ0v) is 14.0. The molecule has 1 saturated heterocycles. The molecule has 3 rings (SSSR count). The van der Waals surface area contributed by atoms with Gasteiger partial charge in [0.1, 0.15) is 5.69 Å². The molecule has 7 heteroatoms. The van der Waals surface area contributed by atoms with Gasteiger partial charge in [0, 0.05) is 16.2 Å². The maximum Gasteiger partial charge on any atom is 0.152 e. The average Bonchev–Trinajstić information content (AvgIpc) is 2.91. The Morgan fingerprint density at radius 1 is 1.43 bits per heavy atom. The number of hydrogen-bond donors (Lipinski definition) is 1. The average molecular weight is 370 g/mol. The van der Waals surface area contributed by atoms with Gasteiger partial charge in [-0.25, -0.2) is 8.42 Å². The van der Waals surface area contributed by atoms with E-state index < -0.39 is 15.4 Å². The smallest absolute Gasteiger partial charge is 0.152 e. The van der Waals surface area contributed by atoms with Crippen LogP contribution in [-0.2, 0) is 15.4 Å². The Balaban J connectivity index is 2.03. The minimum absolute atomic E-state index is 0.110. The summed E-state index contributed by atoms with van der Waals surface area (Å²) >= 11 is 3.43. The van der Waals surface area contributed by atoms with E-state index in [0.29, 0.717) is 17.8 Å². The van der Waals surface area contributed by atoms with Crippen molar-refractivity contribution in [2.45, 2.75) is 18.9 Å². The van der Waals surface area contributed by atoms with E-state index in [-0.39, 0.29) is 11.5 Å². The van der Waals surface area contributed by atoms with E-state index >= 15 is 0 Å². The number of rotatable bonds is 2. The van der Waals surface area contributed by atoms with Crippen LogP contribution in [0.2, 0.25) is 0 Å². The number of sulfone groups is 1. The van der Waals surface area contributed by atoms with Gasteiger partial charge in [-0.15, -0.1) is 0 Å². The van der Waals surface area contributed by atoms with Crippen LogP contribution in [0.5, 0.6) is 0 Å². The molecule has 1 aromatic heterocycles. The first-order valence-electron chi connectivity index (χ1n) is 6.61. The molecule has 0 spiro atoms. The van der Waals surface area contributed by atoms with Gasteiger partial charge in [-0.3, -0.25) is 4.68 Å². The third-order valence-electron chi connectivity index (χ3n) is 3.88. The third-order valence-corrected chi connectivity index (χ3v) is 6.26. The normalized spacial score (nSPS) is 24.3. The number of benzene rings is 1. The topological polar surface area (TPSA) is 78.0 Å². The third kappa shape index (κ3) is 2.72. The van der Waals surface area contributed by atoms with E-state index in [1.54, 1.807) is 10.9 Å². The molecule has 2 N–H and O–H groups in total. The predicted octanol–water partition coefficient (Wildman–Crippen LogP) is 2.43. The molecule has 2 aromatic rings. The Morgan fingerprint density at radius 3 is 2.81 bits per heavy atom. The minimum atomic E-state index is -2.99. The molecule has 1 atom stereocenters. The fraction of sp³-hybridized carbons (Fsp3) is 0.357. The highest BCUT2D eigenvalue weighted by molar-refractivity contribution is 9.10. The maximum absolute atomic E-state index is 11.7. The first-order valence-corrected chi connectivity index (χ1v) is 9.23. The Labute approximate surface area is 132 Å². The fourth-order valence-corrected chi connectivity index (χ4v) is 5.22. The zero-order valence-electron chi connectivity index (χ0n) is 11.6. The van der Waals surface area contributed by atoms with Crippen LogP contribution in [0, 0.1) is 0 Å². The van der Waals surface area contributed by atoms with Crippen molar-refractivity contribution in [1.29, 1.82) is 0 Å². The van der Waals surface area contributed by atoms with Crippen LogP contribution in [0.1, 0.15) is 13.3 Å². The molecule has 0 saturated carbocycles. The van der Waals surface area contributed by atoms with E-state index in [0.717, 1.165) is 10.0 Å². The molecule has 1 fully saturated rings. The van der Waals surface area contributed by atoms with Crippen LogP contribution < -0.4 is 5.73 Å². The number of hydrogen-bond acceptors (Lipinski definition) is 4. The van der Waals surface area contributed by atoms with Crippen LogP contribution in [0.4, 0.5) is 5.69 Å². The van der Waals surface area contributed by atoms with Crippen molar-refractivity contribution in [3.63, 3.8) is 0 Å². The number of anilines is 1. The molecule has 1 unspecified atom stereocenters. The summed E-state index contributed by atoms with van der Waals surface area (Å²) in [6.45, 7) is 1.91. The highest BCUT2D eigenvalue weighted by atomic mass is 79.9. The van der Waals surface area contributed by atoms with Crippen molar-refractivity contribution in [3.8, 4) is 11.3 Å². The summed E-state index contributed by atoms with van der Waals surface area (Å²) in [6, 6.07) is 7.72. The molecule has 112 valence electrons. The van der Waals surface area contributed by atoms with Crippen LogP contribution in [0.25, 0.3) is 11.3 Å². The van der Waals surface area contributed by atoms with E-state index in [2.05, 4.69) is 21.0 Å². The number of halogens is 1. The highest BCUT2D eigenvalue weighted by Gasteiger charge is 2.40. The summed E-state index contributed by atoms with van der Waals surface area (Å²) < 4.78 is 26.2. The standard InChI is InChI=1S/C14H16BrN3O2S/c1-14(5-6-21(19,20)9-14)18-8-12(16)13(17-18)10-3-2-4-11(15)7-10/h2-4,7-8H,5-6,9,16H2,1H3. The zero-order chi connectivity index (χ0) is 15.3. The SMILES string of the molecule is CC1(n2cc(N)c(-c3cccc(Br)c3)n2)CCS(=O)(=O)C1. The number of nitrogen functional groups attached to an aromatic ring is 1. The van der Waals surface area contributed by atoms with Crippen molar-refractivity contribution in [2.24, 2.45) is 0 Å². The Kier molecular flexibility index (Phi) is 3.37. The van der Waals surface area contributed by atoms with Gasteiger partial charge in [0.05, 0.1) is 22.7 Å². The van der Waals surface area contributed by atoms with Crippen LogP contribution in [0.3, 0.4) is 0 Å². The molecule has 1 aliphatic heterocycles. The second kappa shape index (κ2) is 4.84. The van der Waals surface area contributed by atoms with Gasteiger partial charge < -0.3 is 5.73 Å². The fourth-order valence-electron chi connectivity index (χ4n) is 2.70. The van der Waals surface area contributed by atoms with Gasteiger partial charge in [0.2, 0.25) is 0 Å². The molecule has 1 aliphatic rings. The lowest BCUT2D eigenvalue weighted by atomic mass is 10.0. The number of aromatic nitrogens is 2. The van der Waals surface area contributed by atoms with Crippen molar-refractivity contribution in [3.05, 3.63) is 34.9 Å². The lowest BCUT2D eigenvalue weighted by molar-refractivity contribution is 0.329. The number of nitrogens with two attached hydrogens (primary N) is 1. The molecule has 1 aromatic carbocycles. The molecule has 0 amide bonds. The Hall–Kier alpha value is -1.34. The highest BCUT2D eigenvalue weighted by Crippen LogP contribution is 2.34. The van der Waals surface area contributed by atoms with Crippen molar-refractivity contribution in [2.75, 3.05) is 17.2 Å². The van der Waals surface area contributed by atoms with Gasteiger partial charge in [-0.05, 0) is 25.5 Å². The molecule has 5 nitrogen and oxygen atoms in total. The van der Waals surface area contributed by atoms with Gasteiger partial charge >= 0.3 is 0 Å². The van der Waals surface area contributed by atoms with Gasteiger partial charge in [0.25, 0.3) is 0 Å². The number of nitrogens with zero attached hydrogens (tertiary/aromatic N) is 2. The monoisotopic (exact) mass is 369 g/mol. The van der Waals surface area contributed by atoms with Crippen molar-refractivity contribution in [1.82, 2.24) is 9.78 Å². The van der Waals surface area contributed by atoms with E-state index in [9.17, 15) is 8.42 Å². The molecule has 0 bridgehead atoms. The largest absolute Gasteiger partial charge is 0.396 e. The molecule has 0 radical (unpaired) electrons. The lowest BCUT2D eigenvalue weighted by Crippen LogP contribution is -2.31. The predicted molar refractivity (Wildman–Crippen MR) is 86.7 cm³/mol. The summed E-state index contributed by atoms with van der Waals surface area (Å²) in [5.74, 6) is 0.314. The van der Waals surface area contributed by atoms with Crippen LogP contribution >= 0.6 is 15.9 Å². The second-order valence-corrected chi connectivity index (χ2v) is 8.83.